The van der Waals surface area contributed by atoms with Crippen LogP contribution in [-0.2, 0) is 0 Å². The van der Waals surface area contributed by atoms with E-state index < -0.39 is 5.92 Å². The molecule has 2 heterocycles. The molecule has 1 fully saturated rings. The minimum atomic E-state index is -2.59. The van der Waals surface area contributed by atoms with Crippen molar-refractivity contribution in [2.45, 2.75) is 52.5 Å². The van der Waals surface area contributed by atoms with Gasteiger partial charge in [-0.15, -0.1) is 0 Å². The van der Waals surface area contributed by atoms with Crippen molar-refractivity contribution in [3.05, 3.63) is 35.5 Å². The molecule has 3 rings (SSSR count). The average molecular weight is 334 g/mol. The van der Waals surface area contributed by atoms with Gasteiger partial charge in [0.1, 0.15) is 0 Å². The van der Waals surface area contributed by atoms with Crippen molar-refractivity contribution in [3.8, 4) is 0 Å². The summed E-state index contributed by atoms with van der Waals surface area (Å²) in [7, 11) is 0. The zero-order chi connectivity index (χ0) is 17.5. The van der Waals surface area contributed by atoms with Crippen LogP contribution in [0.5, 0.6) is 0 Å². The van der Waals surface area contributed by atoms with Crippen LogP contribution in [-0.4, -0.2) is 35.0 Å². The molecule has 1 aromatic carbocycles. The topological polar surface area (TPSA) is 8.17 Å². The lowest BCUT2D eigenvalue weighted by Gasteiger charge is -2.37. The van der Waals surface area contributed by atoms with E-state index in [0.29, 0.717) is 12.0 Å². The zero-order valence-corrected chi connectivity index (χ0v) is 15.1. The summed E-state index contributed by atoms with van der Waals surface area (Å²) in [5.41, 5.74) is 3.97. The number of fused-ring (bicyclic) bond motifs is 1. The number of aromatic nitrogens is 1. The van der Waals surface area contributed by atoms with E-state index >= 15 is 0 Å². The van der Waals surface area contributed by atoms with E-state index in [1.807, 2.05) is 4.90 Å². The smallest absolute Gasteiger partial charge is 0.257 e. The third-order valence-electron chi connectivity index (χ3n) is 5.69. The van der Waals surface area contributed by atoms with E-state index in [1.165, 1.54) is 22.2 Å². The van der Waals surface area contributed by atoms with Crippen molar-refractivity contribution >= 4 is 10.9 Å². The third kappa shape index (κ3) is 3.34. The van der Waals surface area contributed by atoms with Crippen LogP contribution in [0.25, 0.3) is 10.9 Å². The van der Waals surface area contributed by atoms with Crippen molar-refractivity contribution in [1.29, 1.82) is 0 Å². The molecule has 0 unspecified atom stereocenters. The molecule has 2 aromatic rings. The highest BCUT2D eigenvalue weighted by atomic mass is 19.3. The van der Waals surface area contributed by atoms with Crippen molar-refractivity contribution < 1.29 is 8.78 Å². The van der Waals surface area contributed by atoms with E-state index in [4.69, 9.17) is 0 Å². The number of nitrogens with zero attached hydrogens (tertiary/aromatic N) is 2. The molecule has 0 radical (unpaired) electrons. The largest absolute Gasteiger partial charge is 0.342 e. The number of halogens is 2. The van der Waals surface area contributed by atoms with Gasteiger partial charge in [0.15, 0.2) is 0 Å². The predicted molar refractivity (Wildman–Crippen MR) is 95.9 cm³/mol. The number of likely N-dealkylation sites (tertiary alicyclic amines) is 1. The first-order valence-corrected chi connectivity index (χ1v) is 8.94. The van der Waals surface area contributed by atoms with Gasteiger partial charge >= 0.3 is 0 Å². The molecule has 132 valence electrons. The van der Waals surface area contributed by atoms with Crippen LogP contribution in [0.4, 0.5) is 8.78 Å². The molecule has 1 aromatic heterocycles. The number of hydrogen-bond acceptors (Lipinski definition) is 1. The number of aryl methyl sites for hydroxylation is 1. The van der Waals surface area contributed by atoms with E-state index in [1.54, 1.807) is 0 Å². The molecular weight excluding hydrogens is 306 g/mol. The van der Waals surface area contributed by atoms with Gasteiger partial charge in [-0.05, 0) is 64.3 Å². The molecule has 0 saturated carbocycles. The van der Waals surface area contributed by atoms with E-state index in [9.17, 15) is 8.78 Å². The summed E-state index contributed by atoms with van der Waals surface area (Å²) < 4.78 is 28.9. The molecule has 4 heteroatoms. The molecule has 0 spiro atoms. The summed E-state index contributed by atoms with van der Waals surface area (Å²) in [6, 6.07) is 8.96. The predicted octanol–water partition coefficient (Wildman–Crippen LogP) is 5.19. The summed E-state index contributed by atoms with van der Waals surface area (Å²) in [6.45, 7) is 9.11. The summed E-state index contributed by atoms with van der Waals surface area (Å²) in [5, 5.41) is 1.32. The second-order valence-corrected chi connectivity index (χ2v) is 7.52. The van der Waals surface area contributed by atoms with Crippen molar-refractivity contribution in [3.63, 3.8) is 0 Å². The Morgan fingerprint density at radius 1 is 1.17 bits per heavy atom. The Bertz CT molecular complexity index is 706. The van der Waals surface area contributed by atoms with Crippen LogP contribution in [0.15, 0.2) is 24.3 Å². The van der Waals surface area contributed by atoms with Crippen molar-refractivity contribution in [1.82, 2.24) is 9.47 Å². The van der Waals surface area contributed by atoms with Gasteiger partial charge < -0.3 is 4.57 Å². The number of benzene rings is 1. The van der Waals surface area contributed by atoms with Crippen LogP contribution in [0.3, 0.4) is 0 Å². The summed E-state index contributed by atoms with van der Waals surface area (Å²) in [5.74, 6) is -2.05. The fourth-order valence-corrected chi connectivity index (χ4v) is 4.28. The number of rotatable bonds is 4. The Kier molecular flexibility index (Phi) is 4.69. The van der Waals surface area contributed by atoms with E-state index in [2.05, 4.69) is 49.6 Å². The van der Waals surface area contributed by atoms with Crippen molar-refractivity contribution in [2.24, 2.45) is 5.92 Å². The summed E-state index contributed by atoms with van der Waals surface area (Å²) in [4.78, 5) is 1.91. The first-order chi connectivity index (χ1) is 11.3. The van der Waals surface area contributed by atoms with Crippen LogP contribution in [0, 0.1) is 19.8 Å². The lowest BCUT2D eigenvalue weighted by molar-refractivity contribution is -0.0239. The number of hydrogen-bond donors (Lipinski definition) is 0. The highest BCUT2D eigenvalue weighted by Crippen LogP contribution is 2.35. The molecule has 0 aliphatic carbocycles. The minimum Gasteiger partial charge on any atom is -0.342 e. The van der Waals surface area contributed by atoms with Gasteiger partial charge in [0.25, 0.3) is 5.92 Å². The van der Waals surface area contributed by atoms with Crippen LogP contribution >= 0.6 is 0 Å². The first-order valence-electron chi connectivity index (χ1n) is 8.94. The van der Waals surface area contributed by atoms with Crippen molar-refractivity contribution in [2.75, 3.05) is 19.6 Å². The SMILES string of the molecule is Cc1c(C)n([C@H](C)C2CCN(CC(C)(F)F)CC2)c2ccccc12. The molecule has 1 aliphatic heterocycles. The van der Waals surface area contributed by atoms with E-state index in [-0.39, 0.29) is 6.54 Å². The molecule has 1 aliphatic rings. The summed E-state index contributed by atoms with van der Waals surface area (Å²) in [6.07, 6.45) is 1.98. The highest BCUT2D eigenvalue weighted by molar-refractivity contribution is 5.85. The Hall–Kier alpha value is -1.42. The van der Waals surface area contributed by atoms with Crippen LogP contribution in [0.2, 0.25) is 0 Å². The maximum atomic E-state index is 13.2. The molecule has 0 bridgehead atoms. The lowest BCUT2D eigenvalue weighted by Crippen LogP contribution is -2.41. The van der Waals surface area contributed by atoms with Gasteiger partial charge in [0.2, 0.25) is 0 Å². The molecule has 24 heavy (non-hydrogen) atoms. The molecule has 1 atom stereocenters. The van der Waals surface area contributed by atoms with Gasteiger partial charge in [-0.1, -0.05) is 18.2 Å². The Labute approximate surface area is 143 Å². The van der Waals surface area contributed by atoms with Crippen LogP contribution in [0.1, 0.15) is 44.0 Å². The van der Waals surface area contributed by atoms with Gasteiger partial charge in [0.05, 0.1) is 6.54 Å². The monoisotopic (exact) mass is 334 g/mol. The Balaban J connectivity index is 1.77. The zero-order valence-electron chi connectivity index (χ0n) is 15.1. The molecule has 2 nitrogen and oxygen atoms in total. The molecule has 1 saturated heterocycles. The number of piperidine rings is 1. The van der Waals surface area contributed by atoms with Gasteiger partial charge in [-0.3, -0.25) is 4.90 Å². The quantitative estimate of drug-likeness (QED) is 0.747. The molecule has 0 amide bonds. The van der Waals surface area contributed by atoms with Gasteiger partial charge in [-0.25, -0.2) is 8.78 Å². The average Bonchev–Trinajstić information content (AvgIpc) is 2.78. The lowest BCUT2D eigenvalue weighted by atomic mass is 9.89. The molecule has 0 N–H and O–H groups in total. The second-order valence-electron chi connectivity index (χ2n) is 7.52. The molecular formula is C20H28F2N2. The van der Waals surface area contributed by atoms with Crippen LogP contribution < -0.4 is 0 Å². The Morgan fingerprint density at radius 2 is 1.79 bits per heavy atom. The number of para-hydroxylation sites is 1. The minimum absolute atomic E-state index is 0.112. The highest BCUT2D eigenvalue weighted by Gasteiger charge is 2.31. The maximum absolute atomic E-state index is 13.2. The third-order valence-corrected chi connectivity index (χ3v) is 5.69. The number of alkyl halides is 2. The first kappa shape index (κ1) is 17.4. The standard InChI is InChI=1S/C20H28F2N2/c1-14-15(2)24(19-8-6-5-7-18(14)19)16(3)17-9-11-23(12-10-17)13-20(4,21)22/h5-8,16-17H,9-13H2,1-4H3/t16-/m1/s1. The fourth-order valence-electron chi connectivity index (χ4n) is 4.28. The second kappa shape index (κ2) is 6.47. The van der Waals surface area contributed by atoms with Gasteiger partial charge in [-0.2, -0.15) is 0 Å². The normalized spacial score (nSPS) is 19.1. The fraction of sp³-hybridized carbons (Fsp3) is 0.600. The maximum Gasteiger partial charge on any atom is 0.257 e. The van der Waals surface area contributed by atoms with Gasteiger partial charge in [0, 0.05) is 29.6 Å². The summed E-state index contributed by atoms with van der Waals surface area (Å²) >= 11 is 0. The Morgan fingerprint density at radius 3 is 2.42 bits per heavy atom. The van der Waals surface area contributed by atoms with E-state index in [0.717, 1.165) is 32.9 Å².